The van der Waals surface area contributed by atoms with Crippen molar-refractivity contribution in [2.75, 3.05) is 0 Å². The fourth-order valence-electron chi connectivity index (χ4n) is 3.73. The number of para-hydroxylation sites is 1. The summed E-state index contributed by atoms with van der Waals surface area (Å²) in [6.07, 6.45) is 5.21. The average Bonchev–Trinajstić information content (AvgIpc) is 2.96. The number of hydrogen-bond acceptors (Lipinski definition) is 4. The molecule has 26 heavy (non-hydrogen) atoms. The molecular weight excluding hydrogens is 326 g/mol. The van der Waals surface area contributed by atoms with Crippen LogP contribution in [0.1, 0.15) is 48.1 Å². The van der Waals surface area contributed by atoms with Gasteiger partial charge in [0.25, 0.3) is 0 Å². The number of carbonyl (C=O) groups is 1. The molecule has 6 heteroatoms. The van der Waals surface area contributed by atoms with Gasteiger partial charge < -0.3 is 5.32 Å². The summed E-state index contributed by atoms with van der Waals surface area (Å²) in [5.74, 6) is 0.831. The Balaban J connectivity index is 1.44. The van der Waals surface area contributed by atoms with E-state index in [1.54, 1.807) is 0 Å². The lowest BCUT2D eigenvalue weighted by Crippen LogP contribution is -2.32. The van der Waals surface area contributed by atoms with Crippen molar-refractivity contribution >= 4 is 16.8 Å². The Morgan fingerprint density at radius 1 is 1.31 bits per heavy atom. The number of rotatable bonds is 4. The van der Waals surface area contributed by atoms with E-state index in [4.69, 9.17) is 0 Å². The van der Waals surface area contributed by atoms with Gasteiger partial charge in [0, 0.05) is 29.3 Å². The molecule has 134 valence electrons. The van der Waals surface area contributed by atoms with Crippen molar-refractivity contribution in [2.45, 2.75) is 52.1 Å². The molecule has 3 aromatic rings. The zero-order valence-corrected chi connectivity index (χ0v) is 15.2. The van der Waals surface area contributed by atoms with Gasteiger partial charge in [0.15, 0.2) is 0 Å². The molecule has 0 radical (unpaired) electrons. The standard InChI is InChI=1S/C20H23N5O/c1-13-15-6-3-4-9-19(15)25(24-13)11-10-20(26)23-18-8-5-7-17-16(18)12-21-14(2)22-17/h3-4,6,9,12,18H,5,7-8,10-11H2,1-2H3,(H,23,26)/t18-/m1/s1. The average molecular weight is 349 g/mol. The van der Waals surface area contributed by atoms with Crippen molar-refractivity contribution in [1.82, 2.24) is 25.1 Å². The van der Waals surface area contributed by atoms with E-state index in [1.165, 1.54) is 0 Å². The van der Waals surface area contributed by atoms with E-state index in [0.29, 0.717) is 13.0 Å². The third-order valence-corrected chi connectivity index (χ3v) is 5.03. The molecule has 0 spiro atoms. The number of benzene rings is 1. The van der Waals surface area contributed by atoms with Crippen LogP contribution in [0.3, 0.4) is 0 Å². The molecule has 2 heterocycles. The molecule has 0 fully saturated rings. The predicted molar refractivity (Wildman–Crippen MR) is 99.7 cm³/mol. The number of amides is 1. The summed E-state index contributed by atoms with van der Waals surface area (Å²) in [4.78, 5) is 21.3. The first kappa shape index (κ1) is 16.7. The topological polar surface area (TPSA) is 72.7 Å². The number of carbonyl (C=O) groups excluding carboxylic acids is 1. The quantitative estimate of drug-likeness (QED) is 0.786. The molecule has 1 aliphatic rings. The monoisotopic (exact) mass is 349 g/mol. The lowest BCUT2D eigenvalue weighted by Gasteiger charge is -2.25. The maximum absolute atomic E-state index is 12.5. The van der Waals surface area contributed by atoms with Crippen LogP contribution in [-0.2, 0) is 17.8 Å². The first-order valence-electron chi connectivity index (χ1n) is 9.16. The normalized spacial score (nSPS) is 16.5. The Morgan fingerprint density at radius 2 is 2.15 bits per heavy atom. The van der Waals surface area contributed by atoms with Gasteiger partial charge in [0.1, 0.15) is 5.82 Å². The third-order valence-electron chi connectivity index (χ3n) is 5.03. The summed E-state index contributed by atoms with van der Waals surface area (Å²) in [7, 11) is 0. The highest BCUT2D eigenvalue weighted by Gasteiger charge is 2.23. The molecule has 0 bridgehead atoms. The van der Waals surface area contributed by atoms with Crippen molar-refractivity contribution in [3.8, 4) is 0 Å². The third kappa shape index (κ3) is 3.19. The molecule has 0 saturated heterocycles. The van der Waals surface area contributed by atoms with Gasteiger partial charge in [-0.15, -0.1) is 0 Å². The van der Waals surface area contributed by atoms with Crippen molar-refractivity contribution < 1.29 is 4.79 Å². The molecule has 4 rings (SSSR count). The SMILES string of the molecule is Cc1ncc2c(n1)CCC[C@H]2NC(=O)CCn1nc(C)c2ccccc21. The minimum absolute atomic E-state index is 0.0166. The first-order valence-corrected chi connectivity index (χ1v) is 9.16. The second-order valence-electron chi connectivity index (χ2n) is 6.91. The number of hydrogen-bond donors (Lipinski definition) is 1. The van der Waals surface area contributed by atoms with Crippen molar-refractivity contribution in [2.24, 2.45) is 0 Å². The molecule has 1 N–H and O–H groups in total. The predicted octanol–water partition coefficient (Wildman–Crippen LogP) is 3.03. The van der Waals surface area contributed by atoms with Crippen LogP contribution in [0.2, 0.25) is 0 Å². The van der Waals surface area contributed by atoms with Gasteiger partial charge in [-0.05, 0) is 39.2 Å². The van der Waals surface area contributed by atoms with Gasteiger partial charge in [0.2, 0.25) is 5.91 Å². The first-order chi connectivity index (χ1) is 12.6. The molecule has 6 nitrogen and oxygen atoms in total. The molecule has 1 atom stereocenters. The summed E-state index contributed by atoms with van der Waals surface area (Å²) < 4.78 is 1.92. The second-order valence-corrected chi connectivity index (χ2v) is 6.91. The van der Waals surface area contributed by atoms with Crippen LogP contribution >= 0.6 is 0 Å². The Kier molecular flexibility index (Phi) is 4.41. The van der Waals surface area contributed by atoms with Crippen LogP contribution in [0.25, 0.3) is 10.9 Å². The summed E-state index contributed by atoms with van der Waals surface area (Å²) in [6, 6.07) is 8.14. The van der Waals surface area contributed by atoms with Crippen molar-refractivity contribution in [3.63, 3.8) is 0 Å². The van der Waals surface area contributed by atoms with Gasteiger partial charge in [-0.1, -0.05) is 18.2 Å². The minimum Gasteiger partial charge on any atom is -0.349 e. The fourth-order valence-corrected chi connectivity index (χ4v) is 3.73. The Morgan fingerprint density at radius 3 is 3.04 bits per heavy atom. The lowest BCUT2D eigenvalue weighted by molar-refractivity contribution is -0.122. The van der Waals surface area contributed by atoms with E-state index in [9.17, 15) is 4.79 Å². The number of nitrogens with zero attached hydrogens (tertiary/aromatic N) is 4. The van der Waals surface area contributed by atoms with Crippen LogP contribution in [-0.4, -0.2) is 25.7 Å². The van der Waals surface area contributed by atoms with Gasteiger partial charge in [-0.25, -0.2) is 9.97 Å². The zero-order chi connectivity index (χ0) is 18.1. The molecule has 0 saturated carbocycles. The minimum atomic E-state index is 0.0166. The van der Waals surface area contributed by atoms with Crippen LogP contribution in [0.4, 0.5) is 0 Å². The smallest absolute Gasteiger partial charge is 0.222 e. The van der Waals surface area contributed by atoms with Gasteiger partial charge in [0.05, 0.1) is 23.8 Å². The van der Waals surface area contributed by atoms with E-state index < -0.39 is 0 Å². The van der Waals surface area contributed by atoms with E-state index >= 15 is 0 Å². The maximum Gasteiger partial charge on any atom is 0.222 e. The fraction of sp³-hybridized carbons (Fsp3) is 0.400. The van der Waals surface area contributed by atoms with E-state index in [1.807, 2.05) is 42.9 Å². The van der Waals surface area contributed by atoms with E-state index in [2.05, 4.69) is 26.4 Å². The zero-order valence-electron chi connectivity index (χ0n) is 15.2. The van der Waals surface area contributed by atoms with Crippen molar-refractivity contribution in [1.29, 1.82) is 0 Å². The van der Waals surface area contributed by atoms with Gasteiger partial charge in [-0.3, -0.25) is 9.48 Å². The molecule has 2 aromatic heterocycles. The Hall–Kier alpha value is -2.76. The molecular formula is C20H23N5O. The summed E-state index contributed by atoms with van der Waals surface area (Å²) >= 11 is 0. The molecule has 1 aromatic carbocycles. The second kappa shape index (κ2) is 6.86. The number of aryl methyl sites for hydroxylation is 4. The van der Waals surface area contributed by atoms with Gasteiger partial charge in [-0.2, -0.15) is 5.10 Å². The highest BCUT2D eigenvalue weighted by atomic mass is 16.1. The van der Waals surface area contributed by atoms with Crippen LogP contribution in [0.5, 0.6) is 0 Å². The summed E-state index contributed by atoms with van der Waals surface area (Å²) in [6.45, 7) is 4.48. The Labute approximate surface area is 152 Å². The lowest BCUT2D eigenvalue weighted by atomic mass is 9.92. The highest BCUT2D eigenvalue weighted by molar-refractivity contribution is 5.82. The van der Waals surface area contributed by atoms with Gasteiger partial charge >= 0.3 is 0 Å². The highest BCUT2D eigenvalue weighted by Crippen LogP contribution is 2.28. The van der Waals surface area contributed by atoms with Crippen LogP contribution < -0.4 is 5.32 Å². The molecule has 0 unspecified atom stereocenters. The molecule has 1 aliphatic carbocycles. The van der Waals surface area contributed by atoms with E-state index in [0.717, 1.165) is 52.9 Å². The summed E-state index contributed by atoms with van der Waals surface area (Å²) in [5.41, 5.74) is 4.21. The molecule has 0 aliphatic heterocycles. The number of aromatic nitrogens is 4. The van der Waals surface area contributed by atoms with Crippen LogP contribution in [0, 0.1) is 13.8 Å². The largest absolute Gasteiger partial charge is 0.349 e. The number of fused-ring (bicyclic) bond motifs is 2. The number of nitrogens with one attached hydrogen (secondary N) is 1. The van der Waals surface area contributed by atoms with E-state index in [-0.39, 0.29) is 11.9 Å². The maximum atomic E-state index is 12.5. The summed E-state index contributed by atoms with van der Waals surface area (Å²) in [5, 5.41) is 8.87. The van der Waals surface area contributed by atoms with Crippen molar-refractivity contribution in [3.05, 3.63) is 53.2 Å². The molecule has 1 amide bonds. The van der Waals surface area contributed by atoms with Crippen LogP contribution in [0.15, 0.2) is 30.5 Å². The Bertz CT molecular complexity index is 962.